The van der Waals surface area contributed by atoms with E-state index < -0.39 is 16.3 Å². The minimum atomic E-state index is -4.38. The Labute approximate surface area is 189 Å². The standard InChI is InChI=1S/C18H21Cl2N3O7S/c1-28-7-8-29-14-5-4-12(3-2-6-23(18(24)25)31(21,26)27)16(10-14)30-17-15(20)9-13(19)11-22-17/h4-5,9-11H,2-3,6-8H2,1H3,(H,24,25)(H2,21,26,27). The Morgan fingerprint density at radius 3 is 2.61 bits per heavy atom. The lowest BCUT2D eigenvalue weighted by atomic mass is 10.1. The summed E-state index contributed by atoms with van der Waals surface area (Å²) in [6.07, 6.45) is 0.152. The summed E-state index contributed by atoms with van der Waals surface area (Å²) < 4.78 is 39.3. The van der Waals surface area contributed by atoms with Crippen molar-refractivity contribution in [3.63, 3.8) is 0 Å². The third-order valence-corrected chi connectivity index (χ3v) is 5.33. The van der Waals surface area contributed by atoms with Crippen LogP contribution in [0.3, 0.4) is 0 Å². The Morgan fingerprint density at radius 1 is 1.26 bits per heavy atom. The van der Waals surface area contributed by atoms with Crippen molar-refractivity contribution >= 4 is 39.5 Å². The Hall–Kier alpha value is -2.31. The monoisotopic (exact) mass is 493 g/mol. The number of ether oxygens (including phenoxy) is 3. The number of aromatic nitrogens is 1. The molecule has 0 radical (unpaired) electrons. The molecule has 31 heavy (non-hydrogen) atoms. The SMILES string of the molecule is COCCOc1ccc(CCCN(C(=O)O)S(N)(=O)=O)c(Oc2ncc(Cl)cc2Cl)c1. The molecule has 3 N–H and O–H groups in total. The number of nitrogens with two attached hydrogens (primary N) is 1. The maximum absolute atomic E-state index is 11.4. The maximum atomic E-state index is 11.4. The van der Waals surface area contributed by atoms with Gasteiger partial charge in [-0.2, -0.15) is 12.7 Å². The summed E-state index contributed by atoms with van der Waals surface area (Å²) >= 11 is 12.0. The van der Waals surface area contributed by atoms with Crippen LogP contribution >= 0.6 is 23.2 Å². The second-order valence-electron chi connectivity index (χ2n) is 6.16. The van der Waals surface area contributed by atoms with Gasteiger partial charge in [-0.3, -0.25) is 0 Å². The lowest BCUT2D eigenvalue weighted by molar-refractivity contribution is 0.146. The number of amides is 1. The largest absolute Gasteiger partial charge is 0.491 e. The number of carboxylic acid groups (broad SMARTS) is 1. The molecule has 1 aromatic carbocycles. The Kier molecular flexibility index (Phi) is 9.14. The van der Waals surface area contributed by atoms with Crippen LogP contribution in [0.1, 0.15) is 12.0 Å². The van der Waals surface area contributed by atoms with E-state index in [1.54, 1.807) is 25.3 Å². The molecule has 0 saturated carbocycles. The lowest BCUT2D eigenvalue weighted by Gasteiger charge is -2.17. The zero-order valence-electron chi connectivity index (χ0n) is 16.5. The van der Waals surface area contributed by atoms with Gasteiger partial charge < -0.3 is 19.3 Å². The van der Waals surface area contributed by atoms with Gasteiger partial charge in [-0.25, -0.2) is 14.9 Å². The number of hydrogen-bond acceptors (Lipinski definition) is 7. The Balaban J connectivity index is 2.22. The summed E-state index contributed by atoms with van der Waals surface area (Å²) in [5.41, 5.74) is 0.645. The van der Waals surface area contributed by atoms with Gasteiger partial charge in [0.25, 0.3) is 0 Å². The van der Waals surface area contributed by atoms with E-state index in [1.165, 1.54) is 12.3 Å². The van der Waals surface area contributed by atoms with Gasteiger partial charge in [0.15, 0.2) is 0 Å². The number of carbonyl (C=O) groups is 1. The molecule has 0 aliphatic rings. The minimum absolute atomic E-state index is 0.109. The molecule has 1 amide bonds. The van der Waals surface area contributed by atoms with Crippen LogP contribution in [0, 0.1) is 0 Å². The van der Waals surface area contributed by atoms with Gasteiger partial charge in [0, 0.05) is 25.9 Å². The van der Waals surface area contributed by atoms with Crippen molar-refractivity contribution in [2.24, 2.45) is 5.14 Å². The molecule has 2 rings (SSSR count). The summed E-state index contributed by atoms with van der Waals surface area (Å²) in [5, 5.41) is 14.5. The molecule has 0 fully saturated rings. The molecule has 0 atom stereocenters. The highest BCUT2D eigenvalue weighted by Gasteiger charge is 2.22. The number of hydrogen-bond donors (Lipinski definition) is 2. The Bertz CT molecular complexity index is 1020. The van der Waals surface area contributed by atoms with E-state index in [2.05, 4.69) is 4.98 Å². The molecule has 170 valence electrons. The van der Waals surface area contributed by atoms with Crippen molar-refractivity contribution in [2.75, 3.05) is 26.9 Å². The number of pyridine rings is 1. The van der Waals surface area contributed by atoms with E-state index in [1.807, 2.05) is 0 Å². The first-order valence-electron chi connectivity index (χ1n) is 8.88. The van der Waals surface area contributed by atoms with Gasteiger partial charge in [0.2, 0.25) is 5.88 Å². The number of halogens is 2. The van der Waals surface area contributed by atoms with E-state index >= 15 is 0 Å². The third-order valence-electron chi connectivity index (χ3n) is 3.90. The molecule has 0 bridgehead atoms. The number of benzene rings is 1. The van der Waals surface area contributed by atoms with Crippen LogP contribution in [0.4, 0.5) is 4.79 Å². The average Bonchev–Trinajstić information content (AvgIpc) is 2.67. The summed E-state index contributed by atoms with van der Waals surface area (Å²) in [6, 6.07) is 6.50. The van der Waals surface area contributed by atoms with Gasteiger partial charge in [-0.05, 0) is 30.5 Å². The molecular formula is C18H21Cl2N3O7S. The first-order chi connectivity index (χ1) is 14.6. The summed E-state index contributed by atoms with van der Waals surface area (Å²) in [4.78, 5) is 15.2. The second kappa shape index (κ2) is 11.3. The molecule has 0 aliphatic carbocycles. The normalized spacial score (nSPS) is 11.2. The second-order valence-corrected chi connectivity index (χ2v) is 8.47. The third kappa shape index (κ3) is 7.71. The van der Waals surface area contributed by atoms with Crippen LogP contribution in [0.2, 0.25) is 10.0 Å². The molecule has 1 heterocycles. The molecular weight excluding hydrogens is 473 g/mol. The van der Waals surface area contributed by atoms with E-state index in [9.17, 15) is 13.2 Å². The highest BCUT2D eigenvalue weighted by Crippen LogP contribution is 2.33. The van der Waals surface area contributed by atoms with Gasteiger partial charge in [-0.1, -0.05) is 29.3 Å². The average molecular weight is 494 g/mol. The van der Waals surface area contributed by atoms with Crippen LogP contribution in [0.25, 0.3) is 0 Å². The Morgan fingerprint density at radius 2 is 2.00 bits per heavy atom. The summed E-state index contributed by atoms with van der Waals surface area (Å²) in [7, 11) is -2.82. The van der Waals surface area contributed by atoms with Crippen molar-refractivity contribution in [3.05, 3.63) is 46.1 Å². The zero-order chi connectivity index (χ0) is 23.0. The number of nitrogens with zero attached hydrogens (tertiary/aromatic N) is 2. The molecule has 2 aromatic rings. The number of methoxy groups -OCH3 is 1. The molecule has 0 saturated heterocycles. The van der Waals surface area contributed by atoms with Crippen molar-refractivity contribution in [2.45, 2.75) is 12.8 Å². The van der Waals surface area contributed by atoms with E-state index in [0.29, 0.717) is 35.3 Å². The van der Waals surface area contributed by atoms with E-state index in [4.69, 9.17) is 47.7 Å². The smallest absolute Gasteiger partial charge is 0.422 e. The van der Waals surface area contributed by atoms with Crippen molar-refractivity contribution in [1.29, 1.82) is 0 Å². The lowest BCUT2D eigenvalue weighted by Crippen LogP contribution is -2.41. The first kappa shape index (κ1) is 25.0. The number of aryl methyl sites for hydroxylation is 1. The van der Waals surface area contributed by atoms with Crippen LogP contribution in [0.5, 0.6) is 17.4 Å². The fourth-order valence-electron chi connectivity index (χ4n) is 2.50. The molecule has 13 heteroatoms. The maximum Gasteiger partial charge on any atom is 0.422 e. The van der Waals surface area contributed by atoms with Crippen LogP contribution in [-0.4, -0.2) is 55.8 Å². The van der Waals surface area contributed by atoms with Gasteiger partial charge in [0.05, 0.1) is 11.6 Å². The molecule has 0 spiro atoms. The fourth-order valence-corrected chi connectivity index (χ4v) is 3.52. The van der Waals surface area contributed by atoms with Crippen molar-refractivity contribution in [3.8, 4) is 17.4 Å². The van der Waals surface area contributed by atoms with E-state index in [0.717, 1.165) is 0 Å². The van der Waals surface area contributed by atoms with Gasteiger partial charge in [0.1, 0.15) is 23.1 Å². The summed E-state index contributed by atoms with van der Waals surface area (Å²) in [5.74, 6) is 0.958. The zero-order valence-corrected chi connectivity index (χ0v) is 18.8. The predicted molar refractivity (Wildman–Crippen MR) is 114 cm³/mol. The van der Waals surface area contributed by atoms with Crippen LogP contribution < -0.4 is 14.6 Å². The van der Waals surface area contributed by atoms with Crippen LogP contribution in [0.15, 0.2) is 30.5 Å². The fraction of sp³-hybridized carbons (Fsp3) is 0.333. The quantitative estimate of drug-likeness (QED) is 0.453. The highest BCUT2D eigenvalue weighted by atomic mass is 35.5. The first-order valence-corrected chi connectivity index (χ1v) is 11.1. The minimum Gasteiger partial charge on any atom is -0.491 e. The van der Waals surface area contributed by atoms with Crippen LogP contribution in [-0.2, 0) is 21.4 Å². The molecule has 0 aliphatic heterocycles. The van der Waals surface area contributed by atoms with E-state index in [-0.39, 0.29) is 34.6 Å². The highest BCUT2D eigenvalue weighted by molar-refractivity contribution is 7.87. The molecule has 10 nitrogen and oxygen atoms in total. The topological polar surface area (TPSA) is 141 Å². The van der Waals surface area contributed by atoms with Gasteiger partial charge in [-0.15, -0.1) is 0 Å². The number of rotatable bonds is 11. The van der Waals surface area contributed by atoms with Crippen molar-refractivity contribution in [1.82, 2.24) is 9.29 Å². The summed E-state index contributed by atoms with van der Waals surface area (Å²) in [6.45, 7) is 0.387. The molecule has 0 unspecified atom stereocenters. The molecule has 1 aromatic heterocycles. The van der Waals surface area contributed by atoms with Crippen molar-refractivity contribution < 1.29 is 32.5 Å². The predicted octanol–water partition coefficient (Wildman–Crippen LogP) is 3.32. The van der Waals surface area contributed by atoms with Gasteiger partial charge >= 0.3 is 16.3 Å².